The van der Waals surface area contributed by atoms with Crippen LogP contribution in [0.3, 0.4) is 0 Å². The molecule has 3 rings (SSSR count). The maximum atomic E-state index is 12.9. The van der Waals surface area contributed by atoms with Gasteiger partial charge in [-0.2, -0.15) is 18.4 Å². The summed E-state index contributed by atoms with van der Waals surface area (Å²) < 4.78 is 45.7. The molecule has 6 heteroatoms. The number of aromatic nitrogens is 1. The second kappa shape index (κ2) is 7.42. The van der Waals surface area contributed by atoms with Crippen LogP contribution in [0.4, 0.5) is 13.2 Å². The fraction of sp³-hybridized carbons (Fsp3) is 0.0952. The summed E-state index contributed by atoms with van der Waals surface area (Å²) >= 11 is 0. The number of hydrogen-bond donors (Lipinski definition) is 0. The van der Waals surface area contributed by atoms with Crippen molar-refractivity contribution in [1.29, 1.82) is 5.26 Å². The molecule has 0 aliphatic rings. The van der Waals surface area contributed by atoms with E-state index in [4.69, 9.17) is 4.74 Å². The van der Waals surface area contributed by atoms with Gasteiger partial charge in [-0.1, -0.05) is 12.1 Å². The van der Waals surface area contributed by atoms with Gasteiger partial charge < -0.3 is 9.30 Å². The van der Waals surface area contributed by atoms with Gasteiger partial charge in [0.2, 0.25) is 0 Å². The minimum Gasteiger partial charge on any atom is -0.497 e. The number of nitrogens with zero attached hydrogens (tertiary/aromatic N) is 2. The Morgan fingerprint density at radius 1 is 1.11 bits per heavy atom. The fourth-order valence-electron chi connectivity index (χ4n) is 2.62. The molecule has 27 heavy (non-hydrogen) atoms. The van der Waals surface area contributed by atoms with Crippen LogP contribution in [0.5, 0.6) is 5.75 Å². The minimum absolute atomic E-state index is 0.161. The SMILES string of the molecule is COc1ccc(-n2ccc(/C=C(\C#N)c3cccc(C(F)(F)F)c3)c2)cc1. The van der Waals surface area contributed by atoms with Crippen molar-refractivity contribution in [2.75, 3.05) is 7.11 Å². The molecule has 0 N–H and O–H groups in total. The lowest BCUT2D eigenvalue weighted by molar-refractivity contribution is -0.137. The van der Waals surface area contributed by atoms with Crippen LogP contribution in [0.15, 0.2) is 67.0 Å². The summed E-state index contributed by atoms with van der Waals surface area (Å²) in [6.45, 7) is 0. The average molecular weight is 368 g/mol. The van der Waals surface area contributed by atoms with Gasteiger partial charge in [0, 0.05) is 18.1 Å². The van der Waals surface area contributed by atoms with Gasteiger partial charge in [0.1, 0.15) is 5.75 Å². The molecule has 0 bridgehead atoms. The number of nitriles is 1. The Kier molecular flexibility index (Phi) is 5.04. The number of alkyl halides is 3. The summed E-state index contributed by atoms with van der Waals surface area (Å²) in [5.41, 5.74) is 1.21. The van der Waals surface area contributed by atoms with E-state index >= 15 is 0 Å². The van der Waals surface area contributed by atoms with Gasteiger partial charge in [-0.15, -0.1) is 0 Å². The van der Waals surface area contributed by atoms with Crippen LogP contribution < -0.4 is 4.74 Å². The smallest absolute Gasteiger partial charge is 0.416 e. The summed E-state index contributed by atoms with van der Waals surface area (Å²) in [6, 6.07) is 15.9. The van der Waals surface area contributed by atoms with Crippen LogP contribution in [0.2, 0.25) is 0 Å². The van der Waals surface area contributed by atoms with Gasteiger partial charge in [0.15, 0.2) is 0 Å². The number of methoxy groups -OCH3 is 1. The van der Waals surface area contributed by atoms with Crippen LogP contribution in [-0.2, 0) is 6.18 Å². The molecule has 0 atom stereocenters. The second-order valence-corrected chi connectivity index (χ2v) is 5.80. The van der Waals surface area contributed by atoms with Gasteiger partial charge in [-0.3, -0.25) is 0 Å². The summed E-state index contributed by atoms with van der Waals surface area (Å²) in [6.07, 6.45) is 0.727. The molecule has 3 aromatic rings. The molecular weight excluding hydrogens is 353 g/mol. The summed E-state index contributed by atoms with van der Waals surface area (Å²) in [5, 5.41) is 9.40. The van der Waals surface area contributed by atoms with E-state index in [-0.39, 0.29) is 11.1 Å². The molecule has 0 saturated heterocycles. The number of rotatable bonds is 4. The summed E-state index contributed by atoms with van der Waals surface area (Å²) in [4.78, 5) is 0. The predicted molar refractivity (Wildman–Crippen MR) is 97.2 cm³/mol. The van der Waals surface area contributed by atoms with E-state index in [0.29, 0.717) is 5.56 Å². The van der Waals surface area contributed by atoms with E-state index in [9.17, 15) is 18.4 Å². The molecule has 2 aromatic carbocycles. The molecule has 0 radical (unpaired) electrons. The highest BCUT2D eigenvalue weighted by molar-refractivity contribution is 5.89. The van der Waals surface area contributed by atoms with Gasteiger partial charge in [0.25, 0.3) is 0 Å². The van der Waals surface area contributed by atoms with Crippen molar-refractivity contribution in [3.63, 3.8) is 0 Å². The molecule has 0 saturated carbocycles. The van der Waals surface area contributed by atoms with Gasteiger partial charge >= 0.3 is 6.18 Å². The zero-order valence-electron chi connectivity index (χ0n) is 14.4. The lowest BCUT2D eigenvalue weighted by Gasteiger charge is -2.08. The molecule has 1 aromatic heterocycles. The molecule has 0 amide bonds. The second-order valence-electron chi connectivity index (χ2n) is 5.80. The maximum absolute atomic E-state index is 12.9. The normalized spacial score (nSPS) is 11.9. The fourth-order valence-corrected chi connectivity index (χ4v) is 2.62. The Hall–Kier alpha value is -3.46. The van der Waals surface area contributed by atoms with Gasteiger partial charge in [0.05, 0.1) is 24.3 Å². The highest BCUT2D eigenvalue weighted by atomic mass is 19.4. The number of hydrogen-bond acceptors (Lipinski definition) is 2. The third kappa shape index (κ3) is 4.21. The van der Waals surface area contributed by atoms with E-state index in [0.717, 1.165) is 23.6 Å². The van der Waals surface area contributed by atoms with E-state index in [1.165, 1.54) is 12.1 Å². The Morgan fingerprint density at radius 2 is 1.85 bits per heavy atom. The van der Waals surface area contributed by atoms with Crippen LogP contribution in [0.25, 0.3) is 17.3 Å². The third-order valence-electron chi connectivity index (χ3n) is 4.02. The topological polar surface area (TPSA) is 38.0 Å². The highest BCUT2D eigenvalue weighted by Gasteiger charge is 2.30. The van der Waals surface area contributed by atoms with Crippen molar-refractivity contribution < 1.29 is 17.9 Å². The van der Waals surface area contributed by atoms with Crippen LogP contribution in [0.1, 0.15) is 16.7 Å². The zero-order chi connectivity index (χ0) is 19.4. The van der Waals surface area contributed by atoms with Crippen LogP contribution in [0, 0.1) is 11.3 Å². The molecule has 0 fully saturated rings. The number of allylic oxidation sites excluding steroid dienone is 1. The quantitative estimate of drug-likeness (QED) is 0.565. The average Bonchev–Trinajstić information content (AvgIpc) is 3.14. The van der Waals surface area contributed by atoms with Gasteiger partial charge in [-0.25, -0.2) is 0 Å². The monoisotopic (exact) mass is 368 g/mol. The number of halogens is 3. The molecule has 0 unspecified atom stereocenters. The van der Waals surface area contributed by atoms with Crippen LogP contribution >= 0.6 is 0 Å². The predicted octanol–water partition coefficient (Wildman–Crippen LogP) is 5.57. The van der Waals surface area contributed by atoms with Crippen molar-refractivity contribution in [3.8, 4) is 17.5 Å². The summed E-state index contributed by atoms with van der Waals surface area (Å²) in [5.74, 6) is 0.738. The molecular formula is C21H15F3N2O. The van der Waals surface area contributed by atoms with Crippen molar-refractivity contribution in [1.82, 2.24) is 4.57 Å². The van der Waals surface area contributed by atoms with Crippen molar-refractivity contribution >= 4 is 11.6 Å². The third-order valence-corrected chi connectivity index (χ3v) is 4.02. The van der Waals surface area contributed by atoms with Crippen LogP contribution in [-0.4, -0.2) is 11.7 Å². The number of ether oxygens (including phenoxy) is 1. The van der Waals surface area contributed by atoms with Crippen molar-refractivity contribution in [3.05, 3.63) is 83.7 Å². The lowest BCUT2D eigenvalue weighted by atomic mass is 10.0. The molecule has 0 spiro atoms. The largest absolute Gasteiger partial charge is 0.497 e. The zero-order valence-corrected chi connectivity index (χ0v) is 14.4. The van der Waals surface area contributed by atoms with Gasteiger partial charge in [-0.05, 0) is 59.7 Å². The lowest BCUT2D eigenvalue weighted by Crippen LogP contribution is -2.04. The van der Waals surface area contributed by atoms with E-state index < -0.39 is 11.7 Å². The first-order valence-corrected chi connectivity index (χ1v) is 8.02. The van der Waals surface area contributed by atoms with E-state index in [1.54, 1.807) is 25.4 Å². The Bertz CT molecular complexity index is 1010. The molecule has 0 aliphatic heterocycles. The minimum atomic E-state index is -4.45. The van der Waals surface area contributed by atoms with E-state index in [2.05, 4.69) is 0 Å². The van der Waals surface area contributed by atoms with Crippen molar-refractivity contribution in [2.24, 2.45) is 0 Å². The molecule has 136 valence electrons. The first-order valence-electron chi connectivity index (χ1n) is 8.02. The highest BCUT2D eigenvalue weighted by Crippen LogP contribution is 2.31. The Labute approximate surface area is 154 Å². The Morgan fingerprint density at radius 3 is 2.48 bits per heavy atom. The standard InChI is InChI=1S/C21H15F3N2O/c1-27-20-7-5-19(6-8-20)26-10-9-15(14-26)11-17(13-25)16-3-2-4-18(12-16)21(22,23)24/h2-12,14H,1H3/b17-11+. The molecule has 0 aliphatic carbocycles. The summed E-state index contributed by atoms with van der Waals surface area (Å²) in [7, 11) is 1.59. The molecule has 3 nitrogen and oxygen atoms in total. The Balaban J connectivity index is 1.91. The van der Waals surface area contributed by atoms with Crippen molar-refractivity contribution in [2.45, 2.75) is 6.18 Å². The number of benzene rings is 2. The van der Waals surface area contributed by atoms with E-state index in [1.807, 2.05) is 41.1 Å². The first kappa shape index (κ1) is 18.3. The molecule has 1 heterocycles. The first-order chi connectivity index (χ1) is 12.9. The maximum Gasteiger partial charge on any atom is 0.416 e.